The molecule has 1 aromatic carbocycles. The fourth-order valence-corrected chi connectivity index (χ4v) is 2.11. The molecule has 5 nitrogen and oxygen atoms in total. The van der Waals surface area contributed by atoms with Crippen molar-refractivity contribution in [2.45, 2.75) is 32.6 Å². The van der Waals surface area contributed by atoms with Crippen LogP contribution in [0.1, 0.15) is 24.5 Å². The second-order valence-electron chi connectivity index (χ2n) is 5.58. The van der Waals surface area contributed by atoms with E-state index in [9.17, 15) is 4.79 Å². The molecular weight excluding hydrogens is 316 g/mol. The topological polar surface area (TPSA) is 60.5 Å². The van der Waals surface area contributed by atoms with Crippen LogP contribution in [0.2, 0.25) is 0 Å². The van der Waals surface area contributed by atoms with E-state index >= 15 is 0 Å². The molecule has 2 aromatic rings. The number of hydrogen-bond acceptors (Lipinski definition) is 4. The summed E-state index contributed by atoms with van der Waals surface area (Å²) in [5, 5.41) is 2.85. The molecule has 0 spiro atoms. The Hall–Kier alpha value is -2.66. The average molecular weight is 340 g/mol. The Labute approximate surface area is 148 Å². The Balaban J connectivity index is 1.80. The second kappa shape index (κ2) is 10.3. The Bertz CT molecular complexity index is 674. The van der Waals surface area contributed by atoms with Gasteiger partial charge in [-0.15, -0.1) is 6.58 Å². The summed E-state index contributed by atoms with van der Waals surface area (Å²) in [4.78, 5) is 16.2. The minimum atomic E-state index is -0.490. The molecule has 0 aliphatic carbocycles. The van der Waals surface area contributed by atoms with Crippen LogP contribution >= 0.6 is 0 Å². The van der Waals surface area contributed by atoms with Gasteiger partial charge in [-0.25, -0.2) is 4.98 Å². The summed E-state index contributed by atoms with van der Waals surface area (Å²) >= 11 is 0. The molecule has 0 radical (unpaired) electrons. The highest BCUT2D eigenvalue weighted by Crippen LogP contribution is 2.12. The molecule has 1 heterocycles. The Morgan fingerprint density at radius 3 is 2.84 bits per heavy atom. The van der Waals surface area contributed by atoms with Gasteiger partial charge in [-0.3, -0.25) is 4.79 Å². The molecule has 0 aliphatic heterocycles. The van der Waals surface area contributed by atoms with Gasteiger partial charge in [-0.05, 0) is 30.5 Å². The van der Waals surface area contributed by atoms with Crippen molar-refractivity contribution in [3.8, 4) is 5.88 Å². The molecule has 1 N–H and O–H groups in total. The number of nitrogens with zero attached hydrogens (tertiary/aromatic N) is 1. The van der Waals surface area contributed by atoms with Gasteiger partial charge in [-0.1, -0.05) is 36.4 Å². The van der Waals surface area contributed by atoms with Crippen LogP contribution < -0.4 is 10.1 Å². The molecule has 0 fully saturated rings. The normalized spacial score (nSPS) is 11.6. The third-order valence-electron chi connectivity index (χ3n) is 3.55. The monoisotopic (exact) mass is 340 g/mol. The van der Waals surface area contributed by atoms with Crippen molar-refractivity contribution in [3.05, 3.63) is 72.4 Å². The SMILES string of the molecule is C=CCCO[C@H](C)C(=O)NCc1ccnc(OCc2ccccc2)c1. The number of nitrogens with one attached hydrogen (secondary N) is 1. The highest BCUT2D eigenvalue weighted by Gasteiger charge is 2.12. The molecule has 25 heavy (non-hydrogen) atoms. The second-order valence-corrected chi connectivity index (χ2v) is 5.58. The maximum Gasteiger partial charge on any atom is 0.249 e. The fourth-order valence-electron chi connectivity index (χ4n) is 2.11. The summed E-state index contributed by atoms with van der Waals surface area (Å²) in [6.07, 6.45) is 3.67. The third-order valence-corrected chi connectivity index (χ3v) is 3.55. The predicted octanol–water partition coefficient (Wildman–Crippen LogP) is 3.26. The van der Waals surface area contributed by atoms with Crippen LogP contribution in [0.15, 0.2) is 61.3 Å². The first-order chi connectivity index (χ1) is 12.2. The van der Waals surface area contributed by atoms with Gasteiger partial charge in [0.15, 0.2) is 0 Å². The van der Waals surface area contributed by atoms with Crippen molar-refractivity contribution < 1.29 is 14.3 Å². The zero-order valence-electron chi connectivity index (χ0n) is 14.5. The zero-order chi connectivity index (χ0) is 17.9. The third kappa shape index (κ3) is 6.77. The van der Waals surface area contributed by atoms with E-state index in [0.29, 0.717) is 25.6 Å². The first kappa shape index (κ1) is 18.7. The standard InChI is InChI=1S/C20H24N2O3/c1-3-4-12-24-16(2)20(23)22-14-18-10-11-21-19(13-18)25-15-17-8-6-5-7-9-17/h3,5-11,13,16H,1,4,12,14-15H2,2H3,(H,22,23)/t16-/m1/s1. The molecule has 0 saturated heterocycles. The van der Waals surface area contributed by atoms with Crippen LogP contribution in [0.25, 0.3) is 0 Å². The van der Waals surface area contributed by atoms with E-state index in [1.165, 1.54) is 0 Å². The highest BCUT2D eigenvalue weighted by molar-refractivity contribution is 5.80. The highest BCUT2D eigenvalue weighted by atomic mass is 16.5. The quantitative estimate of drug-likeness (QED) is 0.533. The minimum Gasteiger partial charge on any atom is -0.473 e. The van der Waals surface area contributed by atoms with Gasteiger partial charge in [0, 0.05) is 18.8 Å². The van der Waals surface area contributed by atoms with Gasteiger partial charge in [0.05, 0.1) is 6.61 Å². The Morgan fingerprint density at radius 2 is 2.08 bits per heavy atom. The zero-order valence-corrected chi connectivity index (χ0v) is 14.5. The summed E-state index contributed by atoms with van der Waals surface area (Å²) in [5.74, 6) is 0.388. The van der Waals surface area contributed by atoms with Gasteiger partial charge in [-0.2, -0.15) is 0 Å². The van der Waals surface area contributed by atoms with Gasteiger partial charge in [0.2, 0.25) is 11.8 Å². The van der Waals surface area contributed by atoms with E-state index in [2.05, 4.69) is 16.9 Å². The maximum absolute atomic E-state index is 12.0. The van der Waals surface area contributed by atoms with Crippen molar-refractivity contribution in [1.29, 1.82) is 0 Å². The molecule has 0 unspecified atom stereocenters. The lowest BCUT2D eigenvalue weighted by atomic mass is 10.2. The molecule has 1 atom stereocenters. The summed E-state index contributed by atoms with van der Waals surface area (Å²) in [6, 6.07) is 13.6. The molecule has 0 bridgehead atoms. The maximum atomic E-state index is 12.0. The van der Waals surface area contributed by atoms with Crippen molar-refractivity contribution in [2.24, 2.45) is 0 Å². The predicted molar refractivity (Wildman–Crippen MR) is 97.1 cm³/mol. The number of amides is 1. The Morgan fingerprint density at radius 1 is 1.28 bits per heavy atom. The first-order valence-electron chi connectivity index (χ1n) is 8.31. The van der Waals surface area contributed by atoms with Crippen molar-refractivity contribution in [1.82, 2.24) is 10.3 Å². The van der Waals surface area contributed by atoms with Gasteiger partial charge in [0.25, 0.3) is 0 Å². The van der Waals surface area contributed by atoms with Crippen LogP contribution in [0, 0.1) is 0 Å². The van der Waals surface area contributed by atoms with Gasteiger partial charge >= 0.3 is 0 Å². The Kier molecular flexibility index (Phi) is 7.66. The number of rotatable bonds is 10. The first-order valence-corrected chi connectivity index (χ1v) is 8.31. The van der Waals surface area contributed by atoms with E-state index in [-0.39, 0.29) is 5.91 Å². The molecule has 1 amide bonds. The summed E-state index contributed by atoms with van der Waals surface area (Å²) < 4.78 is 11.1. The fraction of sp³-hybridized carbons (Fsp3) is 0.300. The van der Waals surface area contributed by atoms with E-state index in [4.69, 9.17) is 9.47 Å². The number of ether oxygens (including phenoxy) is 2. The molecule has 0 saturated carbocycles. The van der Waals surface area contributed by atoms with Crippen molar-refractivity contribution >= 4 is 5.91 Å². The lowest BCUT2D eigenvalue weighted by Crippen LogP contribution is -2.34. The number of benzene rings is 1. The number of aromatic nitrogens is 1. The molecular formula is C20H24N2O3. The van der Waals surface area contributed by atoms with E-state index in [1.54, 1.807) is 19.2 Å². The van der Waals surface area contributed by atoms with Crippen molar-refractivity contribution in [2.75, 3.05) is 6.61 Å². The molecule has 132 valence electrons. The number of pyridine rings is 1. The lowest BCUT2D eigenvalue weighted by Gasteiger charge is -2.13. The van der Waals surface area contributed by atoms with E-state index in [1.807, 2.05) is 42.5 Å². The average Bonchev–Trinajstić information content (AvgIpc) is 2.65. The smallest absolute Gasteiger partial charge is 0.249 e. The van der Waals surface area contributed by atoms with Crippen LogP contribution in [-0.4, -0.2) is 23.6 Å². The minimum absolute atomic E-state index is 0.146. The van der Waals surface area contributed by atoms with Gasteiger partial charge < -0.3 is 14.8 Å². The largest absolute Gasteiger partial charge is 0.473 e. The number of carbonyl (C=O) groups is 1. The van der Waals surface area contributed by atoms with Crippen LogP contribution in [0.3, 0.4) is 0 Å². The van der Waals surface area contributed by atoms with Crippen LogP contribution in [0.5, 0.6) is 5.88 Å². The summed E-state index contributed by atoms with van der Waals surface area (Å²) in [5.41, 5.74) is 2.00. The van der Waals surface area contributed by atoms with Gasteiger partial charge in [0.1, 0.15) is 12.7 Å². The molecule has 2 rings (SSSR count). The van der Waals surface area contributed by atoms with E-state index in [0.717, 1.165) is 17.5 Å². The molecule has 5 heteroatoms. The van der Waals surface area contributed by atoms with Crippen LogP contribution in [0.4, 0.5) is 0 Å². The summed E-state index contributed by atoms with van der Waals surface area (Å²) in [7, 11) is 0. The number of carbonyl (C=O) groups excluding carboxylic acids is 1. The molecule has 0 aliphatic rings. The summed E-state index contributed by atoms with van der Waals surface area (Å²) in [6.45, 7) is 6.71. The molecule has 1 aromatic heterocycles. The number of hydrogen-bond donors (Lipinski definition) is 1. The van der Waals surface area contributed by atoms with Crippen LogP contribution in [-0.2, 0) is 22.7 Å². The lowest BCUT2D eigenvalue weighted by molar-refractivity contribution is -0.131. The van der Waals surface area contributed by atoms with E-state index < -0.39 is 6.10 Å². The van der Waals surface area contributed by atoms with Crippen molar-refractivity contribution in [3.63, 3.8) is 0 Å².